The van der Waals surface area contributed by atoms with Crippen molar-refractivity contribution in [2.45, 2.75) is 30.8 Å². The number of nitrogens with one attached hydrogen (secondary N) is 2. The number of hydrogen-bond acceptors (Lipinski definition) is 9. The summed E-state index contributed by atoms with van der Waals surface area (Å²) in [5, 5.41) is 20.7. The molecule has 0 unspecified atom stereocenters. The molecule has 0 bridgehead atoms. The molecule has 1 fully saturated rings. The van der Waals surface area contributed by atoms with Crippen molar-refractivity contribution >= 4 is 24.9 Å². The second kappa shape index (κ2) is 5.85. The molecule has 0 radical (unpaired) electrons. The van der Waals surface area contributed by atoms with Gasteiger partial charge in [-0.1, -0.05) is 0 Å². The number of H-pyrrole nitrogens is 2. The van der Waals surface area contributed by atoms with Crippen LogP contribution in [0, 0.1) is 0 Å². The first-order valence-corrected chi connectivity index (χ1v) is 8.53. The number of hydrogen-bond donors (Lipinski definition) is 7. The molecule has 0 spiro atoms. The molecule has 1 aliphatic heterocycles. The first-order valence-electron chi connectivity index (χ1n) is 7.00. The number of ether oxygens (including phenoxy) is 1. The molecular weight excluding hydrogens is 361 g/mol. The first-order chi connectivity index (χ1) is 11.5. The van der Waals surface area contributed by atoms with Crippen LogP contribution in [0.5, 0.6) is 0 Å². The van der Waals surface area contributed by atoms with Crippen molar-refractivity contribution in [1.29, 1.82) is 0 Å². The Labute approximate surface area is 139 Å². The molecule has 3 heterocycles. The van der Waals surface area contributed by atoms with Gasteiger partial charge in [-0.3, -0.25) is 14.3 Å². The zero-order valence-electron chi connectivity index (χ0n) is 12.8. The van der Waals surface area contributed by atoms with E-state index in [0.717, 1.165) is 0 Å². The van der Waals surface area contributed by atoms with Crippen molar-refractivity contribution in [2.75, 3.05) is 12.3 Å². The predicted octanol–water partition coefficient (Wildman–Crippen LogP) is -2.11. The average molecular weight is 377 g/mol. The molecule has 25 heavy (non-hydrogen) atoms. The smallest absolute Gasteiger partial charge is 0.387 e. The van der Waals surface area contributed by atoms with Gasteiger partial charge in [-0.05, 0) is 6.92 Å². The Hall–Kier alpha value is -1.86. The van der Waals surface area contributed by atoms with Gasteiger partial charge in [0.25, 0.3) is 5.56 Å². The maximum absolute atomic E-state index is 11.8. The van der Waals surface area contributed by atoms with Crippen molar-refractivity contribution in [3.63, 3.8) is 0 Å². The van der Waals surface area contributed by atoms with Gasteiger partial charge in [0.05, 0.1) is 6.61 Å². The Bertz CT molecular complexity index is 903. The van der Waals surface area contributed by atoms with Gasteiger partial charge in [-0.25, -0.2) is 9.55 Å². The van der Waals surface area contributed by atoms with Crippen LogP contribution < -0.4 is 11.3 Å². The maximum Gasteiger partial charge on any atom is 0.469 e. The van der Waals surface area contributed by atoms with Crippen LogP contribution in [-0.2, 0) is 13.8 Å². The molecule has 2 aromatic rings. The Morgan fingerprint density at radius 1 is 1.40 bits per heavy atom. The number of rotatable bonds is 4. The van der Waals surface area contributed by atoms with Gasteiger partial charge < -0.3 is 35.5 Å². The second-order valence-corrected chi connectivity index (χ2v) is 7.02. The molecule has 8 N–H and O–H groups in total. The van der Waals surface area contributed by atoms with Gasteiger partial charge in [0.15, 0.2) is 11.2 Å². The fraction of sp³-hybridized carbons (Fsp3) is 0.545. The fourth-order valence-electron chi connectivity index (χ4n) is 2.63. The van der Waals surface area contributed by atoms with Gasteiger partial charge in [-0.15, -0.1) is 0 Å². The number of imidazole rings is 1. The van der Waals surface area contributed by atoms with Crippen molar-refractivity contribution < 1.29 is 33.8 Å². The van der Waals surface area contributed by atoms with Crippen molar-refractivity contribution in [3.8, 4) is 0 Å². The number of aliphatic hydroxyl groups excluding tert-OH is 1. The number of phosphoric acid groups is 1. The van der Waals surface area contributed by atoms with Crippen LogP contribution in [0.1, 0.15) is 18.9 Å². The van der Waals surface area contributed by atoms with Crippen LogP contribution in [0.2, 0.25) is 0 Å². The lowest BCUT2D eigenvalue weighted by Gasteiger charge is -2.25. The second-order valence-electron chi connectivity index (χ2n) is 5.78. The van der Waals surface area contributed by atoms with E-state index in [1.165, 1.54) is 6.92 Å². The van der Waals surface area contributed by atoms with Gasteiger partial charge in [-0.2, -0.15) is 4.98 Å². The Morgan fingerprint density at radius 3 is 2.72 bits per heavy atom. The summed E-state index contributed by atoms with van der Waals surface area (Å²) >= 11 is 0. The Morgan fingerprint density at radius 2 is 2.08 bits per heavy atom. The van der Waals surface area contributed by atoms with Crippen LogP contribution in [0.4, 0.5) is 5.95 Å². The standard InChI is InChI=1S/C11H16N5O8P/c1-11(19)5(17)3(2-23-25(20,21)22)24-6(11)8-13-4-7(14-8)15-10(12)16-9(4)18/h3,5-6,17,19H,2H2,1H3,(H2,20,21,22)(H4,12,13,14,15,16,18)/t3-,5-,6+,11-/m1/s1. The van der Waals surface area contributed by atoms with E-state index in [-0.39, 0.29) is 22.9 Å². The third-order valence-electron chi connectivity index (χ3n) is 3.85. The minimum absolute atomic E-state index is 0.00647. The van der Waals surface area contributed by atoms with Crippen LogP contribution in [0.25, 0.3) is 11.2 Å². The number of anilines is 1. The third kappa shape index (κ3) is 3.30. The van der Waals surface area contributed by atoms with Gasteiger partial charge in [0.2, 0.25) is 5.95 Å². The molecule has 0 saturated carbocycles. The zero-order chi connectivity index (χ0) is 18.6. The summed E-state index contributed by atoms with van der Waals surface area (Å²) in [4.78, 5) is 42.1. The molecule has 4 atom stereocenters. The van der Waals surface area contributed by atoms with Crippen LogP contribution in [0.15, 0.2) is 4.79 Å². The van der Waals surface area contributed by atoms with E-state index in [9.17, 15) is 19.6 Å². The highest BCUT2D eigenvalue weighted by Crippen LogP contribution is 2.43. The van der Waals surface area contributed by atoms with Crippen molar-refractivity contribution in [1.82, 2.24) is 19.9 Å². The minimum Gasteiger partial charge on any atom is -0.387 e. The molecule has 138 valence electrons. The van der Waals surface area contributed by atoms with E-state index in [0.29, 0.717) is 0 Å². The molecule has 0 amide bonds. The van der Waals surface area contributed by atoms with Crippen LogP contribution in [0.3, 0.4) is 0 Å². The number of nitrogens with two attached hydrogens (primary N) is 1. The highest BCUT2D eigenvalue weighted by atomic mass is 31.2. The summed E-state index contributed by atoms with van der Waals surface area (Å²) < 4.78 is 20.5. The van der Waals surface area contributed by atoms with E-state index < -0.39 is 43.9 Å². The van der Waals surface area contributed by atoms with Crippen molar-refractivity contribution in [3.05, 3.63) is 16.2 Å². The van der Waals surface area contributed by atoms with E-state index in [2.05, 4.69) is 24.5 Å². The summed E-state index contributed by atoms with van der Waals surface area (Å²) in [7, 11) is -4.78. The number of aromatic amines is 2. The number of fused-ring (bicyclic) bond motifs is 1. The lowest BCUT2D eigenvalue weighted by Crippen LogP contribution is -2.43. The van der Waals surface area contributed by atoms with Crippen LogP contribution >= 0.6 is 7.82 Å². The largest absolute Gasteiger partial charge is 0.469 e. The van der Waals surface area contributed by atoms with Gasteiger partial charge in [0.1, 0.15) is 29.7 Å². The molecule has 1 saturated heterocycles. The molecular formula is C11H16N5O8P. The average Bonchev–Trinajstić information content (AvgIpc) is 2.97. The molecule has 1 aliphatic rings. The number of aliphatic hydroxyl groups is 2. The van der Waals surface area contributed by atoms with E-state index >= 15 is 0 Å². The summed E-state index contributed by atoms with van der Waals surface area (Å²) in [5.41, 5.74) is 2.95. The highest BCUT2D eigenvalue weighted by Gasteiger charge is 2.54. The summed E-state index contributed by atoms with van der Waals surface area (Å²) in [5.74, 6) is -0.163. The monoisotopic (exact) mass is 377 g/mol. The normalized spacial score (nSPS) is 30.2. The van der Waals surface area contributed by atoms with E-state index in [1.54, 1.807) is 0 Å². The van der Waals surface area contributed by atoms with Crippen molar-refractivity contribution in [2.24, 2.45) is 0 Å². The van der Waals surface area contributed by atoms with Gasteiger partial charge in [0, 0.05) is 0 Å². The maximum atomic E-state index is 11.8. The number of nitrogens with zero attached hydrogens (tertiary/aromatic N) is 2. The molecule has 0 aliphatic carbocycles. The summed E-state index contributed by atoms with van der Waals surface area (Å²) in [6, 6.07) is 0. The topological polar surface area (TPSA) is 217 Å². The molecule has 3 rings (SSSR count). The molecule has 13 nitrogen and oxygen atoms in total. The minimum atomic E-state index is -4.78. The zero-order valence-corrected chi connectivity index (χ0v) is 13.7. The van der Waals surface area contributed by atoms with Gasteiger partial charge >= 0.3 is 7.82 Å². The SMILES string of the molecule is C[C@@]1(O)[C@H](O)[C@@H](COP(=O)(O)O)O[C@H]1c1nc2nc(N)[nH]c(=O)c2[nH]1. The lowest BCUT2D eigenvalue weighted by molar-refractivity contribution is -0.0671. The molecule has 0 aromatic carbocycles. The molecule has 14 heteroatoms. The lowest BCUT2D eigenvalue weighted by atomic mass is 9.92. The quantitative estimate of drug-likeness (QED) is 0.286. The predicted molar refractivity (Wildman–Crippen MR) is 81.2 cm³/mol. The summed E-state index contributed by atoms with van der Waals surface area (Å²) in [6.45, 7) is 0.586. The fourth-order valence-corrected chi connectivity index (χ4v) is 2.97. The number of aromatic nitrogens is 4. The summed E-state index contributed by atoms with van der Waals surface area (Å²) in [6.07, 6.45) is -4.01. The third-order valence-corrected chi connectivity index (χ3v) is 4.33. The Kier molecular flexibility index (Phi) is 4.20. The number of phosphoric ester groups is 1. The number of nitrogen functional groups attached to an aromatic ring is 1. The first kappa shape index (κ1) is 17.9. The highest BCUT2D eigenvalue weighted by molar-refractivity contribution is 7.46. The molecule has 2 aromatic heterocycles. The van der Waals surface area contributed by atoms with E-state index in [4.69, 9.17) is 20.3 Å². The Balaban J connectivity index is 1.92. The van der Waals surface area contributed by atoms with E-state index in [1.807, 2.05) is 0 Å². The van der Waals surface area contributed by atoms with Crippen LogP contribution in [-0.4, -0.2) is 64.4 Å².